The van der Waals surface area contributed by atoms with Gasteiger partial charge in [0.15, 0.2) is 0 Å². The van der Waals surface area contributed by atoms with E-state index < -0.39 is 0 Å². The molecule has 1 fully saturated rings. The second-order valence-corrected chi connectivity index (χ2v) is 6.23. The van der Waals surface area contributed by atoms with Crippen molar-refractivity contribution in [2.75, 3.05) is 11.4 Å². The molecule has 1 aromatic rings. The number of aromatic nitrogens is 2. The van der Waals surface area contributed by atoms with Gasteiger partial charge >= 0.3 is 0 Å². The monoisotopic (exact) mass is 258 g/mol. The Kier molecular flexibility index (Phi) is 4.04. The van der Waals surface area contributed by atoms with E-state index in [9.17, 15) is 0 Å². The van der Waals surface area contributed by atoms with Crippen LogP contribution >= 0.6 is 0 Å². The van der Waals surface area contributed by atoms with E-state index >= 15 is 0 Å². The lowest BCUT2D eigenvalue weighted by Gasteiger charge is -2.34. The first-order valence-electron chi connectivity index (χ1n) is 6.98. The van der Waals surface area contributed by atoms with Gasteiger partial charge in [-0.25, -0.2) is 9.97 Å². The first-order chi connectivity index (χ1) is 9.02. The Bertz CT molecular complexity index is 453. The maximum absolute atomic E-state index is 8.92. The highest BCUT2D eigenvalue weighted by Gasteiger charge is 2.24. The largest absolute Gasteiger partial charge is 0.337 e. The van der Waals surface area contributed by atoms with Crippen LogP contribution in [0.4, 0.5) is 5.95 Å². The Balaban J connectivity index is 2.18. The molecule has 1 aliphatic rings. The first kappa shape index (κ1) is 13.8. The molecule has 2 heterocycles. The predicted octanol–water partition coefficient (Wildman–Crippen LogP) is 3.05. The summed E-state index contributed by atoms with van der Waals surface area (Å²) in [5, 5.41) is 8.92. The van der Waals surface area contributed by atoms with Gasteiger partial charge in [-0.1, -0.05) is 20.8 Å². The summed E-state index contributed by atoms with van der Waals surface area (Å²) in [5.74, 6) is 0.771. The van der Waals surface area contributed by atoms with E-state index in [1.807, 2.05) is 12.4 Å². The van der Waals surface area contributed by atoms with Gasteiger partial charge in [0.1, 0.15) is 0 Å². The summed E-state index contributed by atoms with van der Waals surface area (Å²) in [6.45, 7) is 7.43. The number of hydrogen-bond acceptors (Lipinski definition) is 4. The van der Waals surface area contributed by atoms with Crippen LogP contribution in [0.5, 0.6) is 0 Å². The molecule has 0 saturated carbocycles. The number of anilines is 1. The van der Waals surface area contributed by atoms with Crippen LogP contribution in [-0.4, -0.2) is 22.6 Å². The lowest BCUT2D eigenvalue weighted by Crippen LogP contribution is -2.40. The van der Waals surface area contributed by atoms with Crippen molar-refractivity contribution in [3.63, 3.8) is 0 Å². The van der Waals surface area contributed by atoms with Gasteiger partial charge in [0, 0.05) is 25.0 Å². The highest BCUT2D eigenvalue weighted by Crippen LogP contribution is 2.25. The molecule has 1 aliphatic heterocycles. The predicted molar refractivity (Wildman–Crippen MR) is 75.9 cm³/mol. The molecule has 19 heavy (non-hydrogen) atoms. The van der Waals surface area contributed by atoms with E-state index in [0.29, 0.717) is 6.42 Å². The molecule has 1 saturated heterocycles. The second-order valence-electron chi connectivity index (χ2n) is 6.23. The minimum absolute atomic E-state index is 0.0759. The third-order valence-corrected chi connectivity index (χ3v) is 3.72. The van der Waals surface area contributed by atoms with E-state index in [1.54, 1.807) is 0 Å². The van der Waals surface area contributed by atoms with Crippen LogP contribution in [0.1, 0.15) is 52.0 Å². The fraction of sp³-hybridized carbons (Fsp3) is 0.667. The maximum Gasteiger partial charge on any atom is 0.225 e. The van der Waals surface area contributed by atoms with Gasteiger partial charge in [-0.3, -0.25) is 0 Å². The number of nitrogens with zero attached hydrogens (tertiary/aromatic N) is 4. The SMILES string of the molecule is CC(C)(C)c1cnc(N2CCCCC2CC#N)nc1. The molecule has 0 aromatic carbocycles. The number of rotatable bonds is 2. The molecular formula is C15H22N4. The van der Waals surface area contributed by atoms with Crippen molar-refractivity contribution < 1.29 is 0 Å². The van der Waals surface area contributed by atoms with E-state index in [2.05, 4.69) is 41.7 Å². The summed E-state index contributed by atoms with van der Waals surface area (Å²) in [6.07, 6.45) is 7.82. The minimum atomic E-state index is 0.0759. The second kappa shape index (κ2) is 5.56. The number of hydrogen-bond donors (Lipinski definition) is 0. The Morgan fingerprint density at radius 2 is 2.00 bits per heavy atom. The van der Waals surface area contributed by atoms with Crippen molar-refractivity contribution in [3.8, 4) is 6.07 Å². The van der Waals surface area contributed by atoms with Gasteiger partial charge in [0.25, 0.3) is 0 Å². The molecule has 102 valence electrons. The third-order valence-electron chi connectivity index (χ3n) is 3.72. The van der Waals surface area contributed by atoms with Crippen molar-refractivity contribution in [1.82, 2.24) is 9.97 Å². The quantitative estimate of drug-likeness (QED) is 0.818. The molecule has 4 heteroatoms. The Morgan fingerprint density at radius 1 is 1.32 bits per heavy atom. The first-order valence-corrected chi connectivity index (χ1v) is 6.98. The maximum atomic E-state index is 8.92. The lowest BCUT2D eigenvalue weighted by molar-refractivity contribution is 0.456. The van der Waals surface area contributed by atoms with Crippen LogP contribution in [0, 0.1) is 11.3 Å². The highest BCUT2D eigenvalue weighted by atomic mass is 15.3. The van der Waals surface area contributed by atoms with Crippen LogP contribution in [0.2, 0.25) is 0 Å². The summed E-state index contributed by atoms with van der Waals surface area (Å²) in [5.41, 5.74) is 1.22. The van der Waals surface area contributed by atoms with E-state index in [4.69, 9.17) is 5.26 Å². The van der Waals surface area contributed by atoms with Crippen molar-refractivity contribution in [3.05, 3.63) is 18.0 Å². The van der Waals surface area contributed by atoms with E-state index in [-0.39, 0.29) is 11.5 Å². The summed E-state index contributed by atoms with van der Waals surface area (Å²) < 4.78 is 0. The number of piperidine rings is 1. The normalized spacial score (nSPS) is 20.1. The minimum Gasteiger partial charge on any atom is -0.337 e. The van der Waals surface area contributed by atoms with Crippen molar-refractivity contribution in [2.24, 2.45) is 0 Å². The summed E-state index contributed by atoms with van der Waals surface area (Å²) in [7, 11) is 0. The summed E-state index contributed by atoms with van der Waals surface area (Å²) >= 11 is 0. The Hall–Kier alpha value is -1.63. The Labute approximate surface area is 115 Å². The van der Waals surface area contributed by atoms with Crippen LogP contribution in [0.25, 0.3) is 0 Å². The third kappa shape index (κ3) is 3.23. The van der Waals surface area contributed by atoms with Crippen molar-refractivity contribution >= 4 is 5.95 Å². The molecule has 1 aromatic heterocycles. The lowest BCUT2D eigenvalue weighted by atomic mass is 9.89. The molecule has 1 atom stereocenters. The van der Waals surface area contributed by atoms with E-state index in [1.165, 1.54) is 6.42 Å². The zero-order valence-corrected chi connectivity index (χ0v) is 12.1. The molecule has 4 nitrogen and oxygen atoms in total. The van der Waals surface area contributed by atoms with Gasteiger partial charge < -0.3 is 4.90 Å². The molecule has 0 radical (unpaired) electrons. The Morgan fingerprint density at radius 3 is 2.58 bits per heavy atom. The highest BCUT2D eigenvalue weighted by molar-refractivity contribution is 5.34. The smallest absolute Gasteiger partial charge is 0.225 e. The molecule has 0 amide bonds. The molecule has 2 rings (SSSR count). The summed E-state index contributed by atoms with van der Waals surface area (Å²) in [4.78, 5) is 11.2. The molecule has 1 unspecified atom stereocenters. The zero-order valence-electron chi connectivity index (χ0n) is 12.1. The topological polar surface area (TPSA) is 52.8 Å². The fourth-order valence-corrected chi connectivity index (χ4v) is 2.44. The molecule has 0 spiro atoms. The fourth-order valence-electron chi connectivity index (χ4n) is 2.44. The van der Waals surface area contributed by atoms with Gasteiger partial charge in [0.2, 0.25) is 5.95 Å². The van der Waals surface area contributed by atoms with Gasteiger partial charge in [-0.05, 0) is 30.2 Å². The van der Waals surface area contributed by atoms with Gasteiger partial charge in [-0.15, -0.1) is 0 Å². The van der Waals surface area contributed by atoms with Crippen molar-refractivity contribution in [1.29, 1.82) is 5.26 Å². The summed E-state index contributed by atoms with van der Waals surface area (Å²) in [6, 6.07) is 2.55. The van der Waals surface area contributed by atoms with Crippen molar-refractivity contribution in [2.45, 2.75) is 57.9 Å². The average Bonchev–Trinajstić information content (AvgIpc) is 2.39. The van der Waals surface area contributed by atoms with E-state index in [0.717, 1.165) is 30.9 Å². The average molecular weight is 258 g/mol. The molecular weight excluding hydrogens is 236 g/mol. The zero-order chi connectivity index (χ0) is 13.9. The van der Waals surface area contributed by atoms with Crippen LogP contribution in [0.15, 0.2) is 12.4 Å². The molecule has 0 aliphatic carbocycles. The van der Waals surface area contributed by atoms with Gasteiger partial charge in [0.05, 0.1) is 12.5 Å². The van der Waals surface area contributed by atoms with Crippen LogP contribution < -0.4 is 4.90 Å². The van der Waals surface area contributed by atoms with Crippen LogP contribution in [0.3, 0.4) is 0 Å². The van der Waals surface area contributed by atoms with Gasteiger partial charge in [-0.2, -0.15) is 5.26 Å². The van der Waals surface area contributed by atoms with Crippen LogP contribution in [-0.2, 0) is 5.41 Å². The molecule has 0 bridgehead atoms. The molecule has 0 N–H and O–H groups in total. The number of nitriles is 1. The standard InChI is InChI=1S/C15H22N4/c1-15(2,3)12-10-17-14(18-11-12)19-9-5-4-6-13(19)7-8-16/h10-11,13H,4-7,9H2,1-3H3.